The molecule has 1 saturated carbocycles. The van der Waals surface area contributed by atoms with Gasteiger partial charge < -0.3 is 14.5 Å². The number of pyridine rings is 1. The number of aromatic nitrogens is 3. The number of halogens is 3. The van der Waals surface area contributed by atoms with Gasteiger partial charge in [-0.3, -0.25) is 14.2 Å². The van der Waals surface area contributed by atoms with Gasteiger partial charge in [0.05, 0.1) is 29.2 Å². The summed E-state index contributed by atoms with van der Waals surface area (Å²) in [4.78, 5) is 37.7. The molecule has 1 amide bonds. The van der Waals surface area contributed by atoms with Crippen molar-refractivity contribution >= 4 is 22.8 Å². The molecule has 1 aromatic carbocycles. The molecule has 1 aliphatic heterocycles. The van der Waals surface area contributed by atoms with Crippen LogP contribution in [0.5, 0.6) is 0 Å². The Balaban J connectivity index is 1.60. The van der Waals surface area contributed by atoms with Crippen LogP contribution < -0.4 is 10.5 Å². The van der Waals surface area contributed by atoms with Crippen LogP contribution in [0.1, 0.15) is 49.3 Å². The molecule has 3 heterocycles. The second-order valence-electron chi connectivity index (χ2n) is 9.84. The summed E-state index contributed by atoms with van der Waals surface area (Å²) in [7, 11) is 3.28. The third-order valence-electron chi connectivity index (χ3n) is 7.18. The Bertz CT molecular complexity index is 1420. The fourth-order valence-electron chi connectivity index (χ4n) is 5.04. The van der Waals surface area contributed by atoms with E-state index in [1.165, 1.54) is 30.0 Å². The molecule has 8 nitrogen and oxygen atoms in total. The first kappa shape index (κ1) is 25.2. The second-order valence-corrected chi connectivity index (χ2v) is 9.84. The Morgan fingerprint density at radius 3 is 2.70 bits per heavy atom. The van der Waals surface area contributed by atoms with Crippen molar-refractivity contribution in [3.63, 3.8) is 0 Å². The van der Waals surface area contributed by atoms with E-state index in [0.717, 1.165) is 18.9 Å². The Labute approximate surface area is 211 Å². The molecule has 2 fully saturated rings. The maximum atomic E-state index is 14.7. The van der Waals surface area contributed by atoms with E-state index in [-0.39, 0.29) is 36.2 Å². The van der Waals surface area contributed by atoms with Crippen molar-refractivity contribution in [2.24, 2.45) is 7.05 Å². The molecule has 1 saturated heterocycles. The highest BCUT2D eigenvalue weighted by atomic mass is 19.3. The number of aryl methyl sites for hydroxylation is 1. The SMILES string of the molecule is CC(=O)N1CCC(OC2CC2)(c2cc3c(N(C)Cc4cccc(C(F)F)c4F)ncnc3n(C)c2=O)C1. The summed E-state index contributed by atoms with van der Waals surface area (Å²) in [5, 5.41) is 0.535. The van der Waals surface area contributed by atoms with Gasteiger partial charge in [0.15, 0.2) is 0 Å². The van der Waals surface area contributed by atoms with Crippen LogP contribution in [0.4, 0.5) is 19.0 Å². The number of carbonyl (C=O) groups is 1. The number of alkyl halides is 2. The van der Waals surface area contributed by atoms with Crippen molar-refractivity contribution in [3.05, 3.63) is 63.5 Å². The minimum Gasteiger partial charge on any atom is -0.365 e. The number of fused-ring (bicyclic) bond motifs is 1. The molecule has 3 aromatic rings. The highest BCUT2D eigenvalue weighted by Crippen LogP contribution is 2.41. The van der Waals surface area contributed by atoms with Gasteiger partial charge in [0.1, 0.15) is 29.2 Å². The van der Waals surface area contributed by atoms with Crippen molar-refractivity contribution in [3.8, 4) is 0 Å². The van der Waals surface area contributed by atoms with Crippen molar-refractivity contribution in [1.29, 1.82) is 0 Å². The summed E-state index contributed by atoms with van der Waals surface area (Å²) < 4.78 is 49.0. The molecule has 0 bridgehead atoms. The monoisotopic (exact) mass is 515 g/mol. The molecule has 1 unspecified atom stereocenters. The van der Waals surface area contributed by atoms with Crippen LogP contribution in [-0.2, 0) is 28.7 Å². The lowest BCUT2D eigenvalue weighted by molar-refractivity contribution is -0.130. The van der Waals surface area contributed by atoms with Crippen LogP contribution in [0.25, 0.3) is 11.0 Å². The van der Waals surface area contributed by atoms with E-state index in [1.54, 1.807) is 30.0 Å². The second kappa shape index (κ2) is 9.44. The maximum Gasteiger partial charge on any atom is 0.266 e. The lowest BCUT2D eigenvalue weighted by Crippen LogP contribution is -2.41. The summed E-state index contributed by atoms with van der Waals surface area (Å²) in [6.45, 7) is 2.21. The maximum absolute atomic E-state index is 14.7. The van der Waals surface area contributed by atoms with E-state index in [1.807, 2.05) is 0 Å². The van der Waals surface area contributed by atoms with Crippen LogP contribution in [0.3, 0.4) is 0 Å². The predicted octanol–water partition coefficient (Wildman–Crippen LogP) is 3.67. The van der Waals surface area contributed by atoms with Gasteiger partial charge in [0.25, 0.3) is 12.0 Å². The number of hydrogen-bond acceptors (Lipinski definition) is 6. The van der Waals surface area contributed by atoms with Gasteiger partial charge in [-0.25, -0.2) is 23.1 Å². The zero-order valence-corrected chi connectivity index (χ0v) is 20.9. The smallest absolute Gasteiger partial charge is 0.266 e. The van der Waals surface area contributed by atoms with Gasteiger partial charge in [-0.2, -0.15) is 0 Å². The highest BCUT2D eigenvalue weighted by molar-refractivity contribution is 5.87. The van der Waals surface area contributed by atoms with E-state index in [2.05, 4.69) is 9.97 Å². The Morgan fingerprint density at radius 1 is 1.30 bits per heavy atom. The molecular formula is C26H28F3N5O3. The molecule has 1 aliphatic carbocycles. The van der Waals surface area contributed by atoms with Gasteiger partial charge in [-0.05, 0) is 18.9 Å². The minimum atomic E-state index is -2.93. The number of carbonyl (C=O) groups excluding carboxylic acids is 1. The fourth-order valence-corrected chi connectivity index (χ4v) is 5.04. The summed E-state index contributed by atoms with van der Waals surface area (Å²) in [5.74, 6) is -0.634. The molecule has 2 aliphatic rings. The van der Waals surface area contributed by atoms with Crippen LogP contribution in [-0.4, -0.2) is 51.6 Å². The molecule has 11 heteroatoms. The fraction of sp³-hybridized carbons (Fsp3) is 0.462. The minimum absolute atomic E-state index is 0.0293. The number of amides is 1. The number of anilines is 1. The summed E-state index contributed by atoms with van der Waals surface area (Å²) in [6, 6.07) is 5.63. The van der Waals surface area contributed by atoms with Gasteiger partial charge in [-0.15, -0.1) is 0 Å². The Kier molecular flexibility index (Phi) is 6.43. The number of nitrogens with zero attached hydrogens (tertiary/aromatic N) is 5. The first-order valence-electron chi connectivity index (χ1n) is 12.2. The van der Waals surface area contributed by atoms with Crippen molar-refractivity contribution < 1.29 is 22.7 Å². The van der Waals surface area contributed by atoms with Crippen molar-refractivity contribution in [2.75, 3.05) is 25.0 Å². The zero-order valence-electron chi connectivity index (χ0n) is 20.9. The first-order valence-corrected chi connectivity index (χ1v) is 12.2. The molecule has 0 spiro atoms. The molecule has 2 aromatic heterocycles. The average molecular weight is 516 g/mol. The molecular weight excluding hydrogens is 487 g/mol. The number of rotatable bonds is 7. The molecule has 5 rings (SSSR count). The number of likely N-dealkylation sites (tertiary alicyclic amines) is 1. The summed E-state index contributed by atoms with van der Waals surface area (Å²) >= 11 is 0. The molecule has 1 atom stereocenters. The van der Waals surface area contributed by atoms with Crippen LogP contribution in [0.15, 0.2) is 35.4 Å². The zero-order chi connectivity index (χ0) is 26.5. The summed E-state index contributed by atoms with van der Waals surface area (Å²) in [6.07, 6.45) is 0.695. The van der Waals surface area contributed by atoms with Crippen LogP contribution >= 0.6 is 0 Å². The Morgan fingerprint density at radius 2 is 2.05 bits per heavy atom. The third kappa shape index (κ3) is 4.56. The predicted molar refractivity (Wildman–Crippen MR) is 131 cm³/mol. The lowest BCUT2D eigenvalue weighted by Gasteiger charge is -2.30. The van der Waals surface area contributed by atoms with Crippen molar-refractivity contribution in [2.45, 2.75) is 50.9 Å². The highest BCUT2D eigenvalue weighted by Gasteiger charge is 2.47. The number of benzene rings is 1. The van der Waals surface area contributed by atoms with Crippen LogP contribution in [0.2, 0.25) is 0 Å². The van der Waals surface area contributed by atoms with E-state index < -0.39 is 23.4 Å². The number of ether oxygens (including phenoxy) is 1. The third-order valence-corrected chi connectivity index (χ3v) is 7.18. The standard InChI is InChI=1S/C26H28F3N5O3/c1-15(35)34-10-9-26(13-34,37-17-7-8-17)20-11-19-23(30-14-31-24(19)33(3)25(20)36)32(2)12-16-5-4-6-18(21(16)27)22(28)29/h4-6,11,14,17,22H,7-10,12-13H2,1-3H3. The van der Waals surface area contributed by atoms with E-state index >= 15 is 0 Å². The van der Waals surface area contributed by atoms with E-state index in [4.69, 9.17) is 4.74 Å². The van der Waals surface area contributed by atoms with E-state index in [9.17, 15) is 22.8 Å². The Hall–Kier alpha value is -3.47. The molecule has 0 radical (unpaired) electrons. The quantitative estimate of drug-likeness (QED) is 0.478. The lowest BCUT2D eigenvalue weighted by atomic mass is 9.92. The number of hydrogen-bond donors (Lipinski definition) is 0. The normalized spacial score (nSPS) is 19.7. The van der Waals surface area contributed by atoms with Crippen molar-refractivity contribution in [1.82, 2.24) is 19.4 Å². The first-order chi connectivity index (χ1) is 17.6. The van der Waals surface area contributed by atoms with Gasteiger partial charge in [-0.1, -0.05) is 18.2 Å². The van der Waals surface area contributed by atoms with E-state index in [0.29, 0.717) is 35.4 Å². The summed E-state index contributed by atoms with van der Waals surface area (Å²) in [5.41, 5.74) is -1.01. The van der Waals surface area contributed by atoms with Gasteiger partial charge in [0, 0.05) is 46.1 Å². The molecule has 0 N–H and O–H groups in total. The topological polar surface area (TPSA) is 80.6 Å². The molecule has 37 heavy (non-hydrogen) atoms. The largest absolute Gasteiger partial charge is 0.365 e. The molecule has 196 valence electrons. The average Bonchev–Trinajstić information content (AvgIpc) is 3.57. The van der Waals surface area contributed by atoms with Crippen LogP contribution in [0, 0.1) is 5.82 Å². The van der Waals surface area contributed by atoms with Gasteiger partial charge in [0.2, 0.25) is 5.91 Å². The van der Waals surface area contributed by atoms with Gasteiger partial charge >= 0.3 is 0 Å².